The lowest BCUT2D eigenvalue weighted by atomic mass is 10.1. The summed E-state index contributed by atoms with van der Waals surface area (Å²) in [6.45, 7) is 3.38. The predicted molar refractivity (Wildman–Crippen MR) is 108 cm³/mol. The summed E-state index contributed by atoms with van der Waals surface area (Å²) in [5, 5.41) is 2.11. The van der Waals surface area contributed by atoms with Crippen LogP contribution in [-0.2, 0) is 11.3 Å². The van der Waals surface area contributed by atoms with Gasteiger partial charge in [-0.3, -0.25) is 14.4 Å². The van der Waals surface area contributed by atoms with E-state index >= 15 is 0 Å². The molecule has 0 fully saturated rings. The number of carbonyl (C=O) groups excluding carboxylic acids is 2. The van der Waals surface area contributed by atoms with Crippen LogP contribution in [-0.4, -0.2) is 39.9 Å². The van der Waals surface area contributed by atoms with Crippen molar-refractivity contribution in [3.05, 3.63) is 69.4 Å². The SMILES string of the molecule is CCn1c(=O)c(C)nc2cc(C(=O)N(C)CC(=O)Nc3ccc(F)c(F)c3F)ccc21. The fourth-order valence-corrected chi connectivity index (χ4v) is 3.14. The van der Waals surface area contributed by atoms with Crippen LogP contribution in [0.5, 0.6) is 0 Å². The van der Waals surface area contributed by atoms with Crippen LogP contribution in [0.2, 0.25) is 0 Å². The van der Waals surface area contributed by atoms with E-state index in [2.05, 4.69) is 10.3 Å². The molecule has 2 amide bonds. The minimum atomic E-state index is -1.70. The summed E-state index contributed by atoms with van der Waals surface area (Å²) in [5.74, 6) is -5.92. The second-order valence-corrected chi connectivity index (χ2v) is 6.88. The van der Waals surface area contributed by atoms with Crippen LogP contribution in [0.1, 0.15) is 23.0 Å². The number of hydrogen-bond acceptors (Lipinski definition) is 4. The molecule has 3 aromatic rings. The normalized spacial score (nSPS) is 10.9. The van der Waals surface area contributed by atoms with Crippen LogP contribution in [0.3, 0.4) is 0 Å². The van der Waals surface area contributed by atoms with Crippen LogP contribution in [0.25, 0.3) is 11.0 Å². The van der Waals surface area contributed by atoms with Gasteiger partial charge in [-0.25, -0.2) is 18.2 Å². The number of nitrogens with one attached hydrogen (secondary N) is 1. The maximum atomic E-state index is 13.7. The van der Waals surface area contributed by atoms with Crippen LogP contribution in [0.4, 0.5) is 18.9 Å². The number of hydrogen-bond donors (Lipinski definition) is 1. The Morgan fingerprint density at radius 1 is 1.13 bits per heavy atom. The molecule has 0 saturated carbocycles. The number of rotatable bonds is 5. The van der Waals surface area contributed by atoms with Crippen LogP contribution < -0.4 is 10.9 Å². The van der Waals surface area contributed by atoms with Gasteiger partial charge in [0.25, 0.3) is 11.5 Å². The zero-order valence-electron chi connectivity index (χ0n) is 17.0. The van der Waals surface area contributed by atoms with E-state index in [9.17, 15) is 27.6 Å². The third kappa shape index (κ3) is 4.27. The Kier molecular flexibility index (Phi) is 6.09. The van der Waals surface area contributed by atoms with Crippen molar-refractivity contribution in [1.29, 1.82) is 0 Å². The number of carbonyl (C=O) groups is 2. The lowest BCUT2D eigenvalue weighted by molar-refractivity contribution is -0.116. The lowest BCUT2D eigenvalue weighted by Gasteiger charge is -2.18. The highest BCUT2D eigenvalue weighted by molar-refractivity contribution is 6.00. The average Bonchev–Trinajstić information content (AvgIpc) is 2.74. The molecule has 162 valence electrons. The molecule has 0 aliphatic heterocycles. The number of nitrogens with zero attached hydrogens (tertiary/aromatic N) is 3. The Balaban J connectivity index is 1.79. The van der Waals surface area contributed by atoms with Gasteiger partial charge in [-0.15, -0.1) is 0 Å². The van der Waals surface area contributed by atoms with Crippen molar-refractivity contribution in [2.24, 2.45) is 0 Å². The molecule has 0 radical (unpaired) electrons. The molecule has 0 saturated heterocycles. The molecular weight excluding hydrogens is 413 g/mol. The highest BCUT2D eigenvalue weighted by Gasteiger charge is 2.19. The number of aryl methyl sites for hydroxylation is 2. The first kappa shape index (κ1) is 22.0. The molecule has 2 aromatic carbocycles. The van der Waals surface area contributed by atoms with Crippen LogP contribution in [0, 0.1) is 24.4 Å². The summed E-state index contributed by atoms with van der Waals surface area (Å²) >= 11 is 0. The van der Waals surface area contributed by atoms with Crippen molar-refractivity contribution in [3.8, 4) is 0 Å². The molecule has 0 spiro atoms. The smallest absolute Gasteiger partial charge is 0.272 e. The number of benzene rings is 2. The van der Waals surface area contributed by atoms with E-state index < -0.39 is 41.5 Å². The van der Waals surface area contributed by atoms with Crippen molar-refractivity contribution in [1.82, 2.24) is 14.5 Å². The zero-order valence-corrected chi connectivity index (χ0v) is 17.0. The molecule has 0 aliphatic rings. The largest absolute Gasteiger partial charge is 0.332 e. The second-order valence-electron chi connectivity index (χ2n) is 6.88. The molecular formula is C21H19F3N4O3. The standard InChI is InChI=1S/C21H19F3N4O3/c1-4-28-16-8-5-12(9-15(16)25-11(2)20(28)30)21(31)27(3)10-17(29)26-14-7-6-13(22)18(23)19(14)24/h5-9H,4,10H2,1-3H3,(H,26,29). The van der Waals surface area contributed by atoms with E-state index in [-0.39, 0.29) is 11.1 Å². The van der Waals surface area contributed by atoms with E-state index in [0.29, 0.717) is 29.3 Å². The number of aromatic nitrogens is 2. The van der Waals surface area contributed by atoms with Gasteiger partial charge < -0.3 is 14.8 Å². The summed E-state index contributed by atoms with van der Waals surface area (Å²) in [7, 11) is 1.36. The number of likely N-dealkylation sites (N-methyl/N-ethyl adjacent to an activating group) is 1. The number of amides is 2. The third-order valence-corrected chi connectivity index (χ3v) is 4.71. The minimum Gasteiger partial charge on any atom is -0.332 e. The van der Waals surface area contributed by atoms with Gasteiger partial charge in [0.2, 0.25) is 5.91 Å². The van der Waals surface area contributed by atoms with Gasteiger partial charge in [0.1, 0.15) is 5.69 Å². The molecule has 0 bridgehead atoms. The van der Waals surface area contributed by atoms with Gasteiger partial charge >= 0.3 is 0 Å². The Hall–Kier alpha value is -3.69. The average molecular weight is 432 g/mol. The monoisotopic (exact) mass is 432 g/mol. The molecule has 1 N–H and O–H groups in total. The van der Waals surface area contributed by atoms with E-state index in [1.165, 1.54) is 19.2 Å². The van der Waals surface area contributed by atoms with E-state index in [0.717, 1.165) is 11.0 Å². The van der Waals surface area contributed by atoms with Gasteiger partial charge in [-0.05, 0) is 44.2 Å². The van der Waals surface area contributed by atoms with Crippen molar-refractivity contribution in [3.63, 3.8) is 0 Å². The van der Waals surface area contributed by atoms with Crippen molar-refractivity contribution >= 4 is 28.5 Å². The molecule has 0 aliphatic carbocycles. The number of fused-ring (bicyclic) bond motifs is 1. The highest BCUT2D eigenvalue weighted by atomic mass is 19.2. The molecule has 31 heavy (non-hydrogen) atoms. The highest BCUT2D eigenvalue weighted by Crippen LogP contribution is 2.20. The molecule has 0 atom stereocenters. The summed E-state index contributed by atoms with van der Waals surface area (Å²) in [4.78, 5) is 42.4. The number of anilines is 1. The van der Waals surface area contributed by atoms with Crippen LogP contribution in [0.15, 0.2) is 35.1 Å². The lowest BCUT2D eigenvalue weighted by Crippen LogP contribution is -2.35. The second kappa shape index (κ2) is 8.58. The fraction of sp³-hybridized carbons (Fsp3) is 0.238. The molecule has 1 aromatic heterocycles. The van der Waals surface area contributed by atoms with Crippen molar-refractivity contribution in [2.45, 2.75) is 20.4 Å². The van der Waals surface area contributed by atoms with Crippen molar-refractivity contribution < 1.29 is 22.8 Å². The third-order valence-electron chi connectivity index (χ3n) is 4.71. The van der Waals surface area contributed by atoms with Gasteiger partial charge in [0, 0.05) is 19.2 Å². The van der Waals surface area contributed by atoms with Crippen molar-refractivity contribution in [2.75, 3.05) is 18.9 Å². The molecule has 0 unspecified atom stereocenters. The van der Waals surface area contributed by atoms with Gasteiger partial charge in [0.05, 0.1) is 23.3 Å². The maximum absolute atomic E-state index is 13.7. The van der Waals surface area contributed by atoms with Gasteiger partial charge in [-0.1, -0.05) is 0 Å². The van der Waals surface area contributed by atoms with Gasteiger partial charge in [-0.2, -0.15) is 0 Å². The first-order valence-electron chi connectivity index (χ1n) is 9.34. The van der Waals surface area contributed by atoms with E-state index in [1.807, 2.05) is 6.92 Å². The van der Waals surface area contributed by atoms with E-state index in [1.54, 1.807) is 17.6 Å². The molecule has 10 heteroatoms. The summed E-state index contributed by atoms with van der Waals surface area (Å²) < 4.78 is 41.6. The summed E-state index contributed by atoms with van der Waals surface area (Å²) in [5.41, 5.74) is 0.797. The first-order chi connectivity index (χ1) is 14.6. The summed E-state index contributed by atoms with van der Waals surface area (Å²) in [6.07, 6.45) is 0. The first-order valence-corrected chi connectivity index (χ1v) is 9.34. The van der Waals surface area contributed by atoms with Crippen LogP contribution >= 0.6 is 0 Å². The number of halogens is 3. The Bertz CT molecular complexity index is 1260. The zero-order chi connectivity index (χ0) is 22.9. The predicted octanol–water partition coefficient (Wildman–Crippen LogP) is 2.85. The molecule has 1 heterocycles. The minimum absolute atomic E-state index is 0.215. The fourth-order valence-electron chi connectivity index (χ4n) is 3.14. The molecule has 7 nitrogen and oxygen atoms in total. The topological polar surface area (TPSA) is 84.3 Å². The summed E-state index contributed by atoms with van der Waals surface area (Å²) in [6, 6.07) is 6.20. The Morgan fingerprint density at radius 3 is 2.52 bits per heavy atom. The maximum Gasteiger partial charge on any atom is 0.272 e. The Morgan fingerprint density at radius 2 is 1.84 bits per heavy atom. The molecule has 3 rings (SSSR count). The quantitative estimate of drug-likeness (QED) is 0.629. The van der Waals surface area contributed by atoms with E-state index in [4.69, 9.17) is 0 Å². The Labute approximate surface area is 175 Å². The van der Waals surface area contributed by atoms with Gasteiger partial charge in [0.15, 0.2) is 17.5 Å².